The van der Waals surface area contributed by atoms with Crippen LogP contribution in [0.5, 0.6) is 0 Å². The zero-order valence-electron chi connectivity index (χ0n) is 17.0. The molecule has 0 bridgehead atoms. The molecule has 7 nitrogen and oxygen atoms in total. The molecule has 1 aliphatic rings. The zero-order valence-corrected chi connectivity index (χ0v) is 18.5. The molecule has 1 amide bonds. The quantitative estimate of drug-likeness (QED) is 0.443. The van der Waals surface area contributed by atoms with Crippen LogP contribution >= 0.6 is 23.4 Å². The number of hydrogen-bond acceptors (Lipinski definition) is 6. The number of hydrogen-bond donors (Lipinski definition) is 1. The lowest BCUT2D eigenvalue weighted by molar-refractivity contribution is -0.120. The Balaban J connectivity index is 1.45. The maximum absolute atomic E-state index is 12.3. The van der Waals surface area contributed by atoms with Crippen LogP contribution in [0.4, 0.5) is 5.82 Å². The number of amides is 1. The molecule has 0 radical (unpaired) electrons. The summed E-state index contributed by atoms with van der Waals surface area (Å²) in [6.45, 7) is 3.05. The van der Waals surface area contributed by atoms with Crippen molar-refractivity contribution in [3.63, 3.8) is 0 Å². The first-order valence-corrected chi connectivity index (χ1v) is 11.8. The molecule has 1 aromatic carbocycles. The molecule has 1 aliphatic heterocycles. The standard InChI is InChI=1S/C21H25ClN6OS/c1-30-21-25-19(27-10-5-2-6-11-27)16-14-24-28(20(16)26-21)12-9-23-18(29)13-15-7-3-4-8-17(15)22/h3-4,7-8,14H,2,5-6,9-13H2,1H3,(H,23,29). The number of benzene rings is 1. The molecule has 3 heterocycles. The summed E-state index contributed by atoms with van der Waals surface area (Å²) >= 11 is 7.68. The van der Waals surface area contributed by atoms with E-state index in [1.165, 1.54) is 31.0 Å². The molecule has 30 heavy (non-hydrogen) atoms. The minimum Gasteiger partial charge on any atom is -0.356 e. The Morgan fingerprint density at radius 2 is 2.00 bits per heavy atom. The van der Waals surface area contributed by atoms with E-state index in [1.54, 1.807) is 6.07 Å². The number of halogens is 1. The van der Waals surface area contributed by atoms with E-state index in [2.05, 4.69) is 20.3 Å². The summed E-state index contributed by atoms with van der Waals surface area (Å²) in [5.74, 6) is 0.908. The number of carbonyl (C=O) groups excluding carboxylic acids is 1. The molecule has 0 spiro atoms. The Labute approximate surface area is 185 Å². The molecule has 0 atom stereocenters. The molecule has 1 saturated heterocycles. The van der Waals surface area contributed by atoms with Gasteiger partial charge in [0.25, 0.3) is 0 Å². The fourth-order valence-electron chi connectivity index (χ4n) is 3.70. The zero-order chi connectivity index (χ0) is 20.9. The maximum atomic E-state index is 12.3. The van der Waals surface area contributed by atoms with Gasteiger partial charge in [0.2, 0.25) is 5.91 Å². The summed E-state index contributed by atoms with van der Waals surface area (Å²) in [7, 11) is 0. The fourth-order valence-corrected chi connectivity index (χ4v) is 4.26. The molecule has 1 N–H and O–H groups in total. The van der Waals surface area contributed by atoms with Crippen LogP contribution in [-0.4, -0.2) is 51.5 Å². The minimum absolute atomic E-state index is 0.0620. The van der Waals surface area contributed by atoms with Gasteiger partial charge in [-0.2, -0.15) is 5.10 Å². The van der Waals surface area contributed by atoms with Gasteiger partial charge in [-0.1, -0.05) is 41.6 Å². The smallest absolute Gasteiger partial charge is 0.224 e. The molecule has 4 rings (SSSR count). The Morgan fingerprint density at radius 3 is 2.77 bits per heavy atom. The van der Waals surface area contributed by atoms with Gasteiger partial charge < -0.3 is 10.2 Å². The van der Waals surface area contributed by atoms with Crippen LogP contribution in [0, 0.1) is 0 Å². The number of fused-ring (bicyclic) bond motifs is 1. The number of rotatable bonds is 7. The number of anilines is 1. The highest BCUT2D eigenvalue weighted by atomic mass is 35.5. The summed E-state index contributed by atoms with van der Waals surface area (Å²) in [6.07, 6.45) is 7.73. The van der Waals surface area contributed by atoms with Crippen molar-refractivity contribution in [1.29, 1.82) is 0 Å². The third-order valence-electron chi connectivity index (χ3n) is 5.25. The Bertz CT molecular complexity index is 1030. The van der Waals surface area contributed by atoms with E-state index in [-0.39, 0.29) is 12.3 Å². The lowest BCUT2D eigenvalue weighted by Crippen LogP contribution is -2.30. The second-order valence-electron chi connectivity index (χ2n) is 7.30. The van der Waals surface area contributed by atoms with Gasteiger partial charge in [-0.15, -0.1) is 0 Å². The molecule has 9 heteroatoms. The average Bonchev–Trinajstić information content (AvgIpc) is 3.18. The molecule has 0 saturated carbocycles. The van der Waals surface area contributed by atoms with E-state index in [0.29, 0.717) is 18.1 Å². The summed E-state index contributed by atoms with van der Waals surface area (Å²) in [4.78, 5) is 24.1. The minimum atomic E-state index is -0.0620. The van der Waals surface area contributed by atoms with Crippen molar-refractivity contribution in [3.8, 4) is 0 Å². The summed E-state index contributed by atoms with van der Waals surface area (Å²) in [5, 5.41) is 9.80. The summed E-state index contributed by atoms with van der Waals surface area (Å²) in [6, 6.07) is 7.40. The van der Waals surface area contributed by atoms with E-state index in [4.69, 9.17) is 16.6 Å². The van der Waals surface area contributed by atoms with Crippen molar-refractivity contribution in [1.82, 2.24) is 25.1 Å². The number of aromatic nitrogens is 4. The highest BCUT2D eigenvalue weighted by Gasteiger charge is 2.19. The maximum Gasteiger partial charge on any atom is 0.224 e. The molecule has 2 aromatic heterocycles. The van der Waals surface area contributed by atoms with Crippen LogP contribution in [0.1, 0.15) is 24.8 Å². The molecular weight excluding hydrogens is 420 g/mol. The molecular formula is C21H25ClN6OS. The van der Waals surface area contributed by atoms with Gasteiger partial charge in [0.05, 0.1) is 24.5 Å². The van der Waals surface area contributed by atoms with Gasteiger partial charge in [-0.25, -0.2) is 14.6 Å². The van der Waals surface area contributed by atoms with E-state index in [1.807, 2.05) is 35.3 Å². The van der Waals surface area contributed by atoms with E-state index in [9.17, 15) is 4.79 Å². The molecule has 158 valence electrons. The predicted octanol–water partition coefficient (Wildman–Crippen LogP) is 3.55. The topological polar surface area (TPSA) is 75.9 Å². The van der Waals surface area contributed by atoms with Gasteiger partial charge in [-0.3, -0.25) is 4.79 Å². The largest absolute Gasteiger partial charge is 0.356 e. The van der Waals surface area contributed by atoms with E-state index in [0.717, 1.165) is 40.7 Å². The Kier molecular flexibility index (Phi) is 6.74. The van der Waals surface area contributed by atoms with Gasteiger partial charge >= 0.3 is 0 Å². The first-order valence-electron chi connectivity index (χ1n) is 10.2. The van der Waals surface area contributed by atoms with Crippen LogP contribution < -0.4 is 10.2 Å². The lowest BCUT2D eigenvalue weighted by Gasteiger charge is -2.28. The van der Waals surface area contributed by atoms with E-state index < -0.39 is 0 Å². The number of carbonyl (C=O) groups is 1. The third kappa shape index (κ3) is 4.70. The second kappa shape index (κ2) is 9.66. The van der Waals surface area contributed by atoms with Crippen molar-refractivity contribution in [2.45, 2.75) is 37.4 Å². The lowest BCUT2D eigenvalue weighted by atomic mass is 10.1. The number of nitrogens with zero attached hydrogens (tertiary/aromatic N) is 5. The molecule has 1 fully saturated rings. The van der Waals surface area contributed by atoms with Crippen LogP contribution in [-0.2, 0) is 17.8 Å². The van der Waals surface area contributed by atoms with Crippen molar-refractivity contribution in [2.75, 3.05) is 30.8 Å². The highest BCUT2D eigenvalue weighted by molar-refractivity contribution is 7.98. The number of piperidine rings is 1. The molecule has 0 aliphatic carbocycles. The van der Waals surface area contributed by atoms with Crippen molar-refractivity contribution in [3.05, 3.63) is 41.0 Å². The first-order chi connectivity index (χ1) is 14.7. The molecule has 0 unspecified atom stereocenters. The van der Waals surface area contributed by atoms with Crippen LogP contribution in [0.25, 0.3) is 11.0 Å². The Hall–Kier alpha value is -2.32. The van der Waals surface area contributed by atoms with Crippen molar-refractivity contribution in [2.24, 2.45) is 0 Å². The predicted molar refractivity (Wildman–Crippen MR) is 121 cm³/mol. The van der Waals surface area contributed by atoms with Gasteiger partial charge in [0.15, 0.2) is 10.8 Å². The SMILES string of the molecule is CSc1nc(N2CCCCC2)c2cnn(CCNC(=O)Cc3ccccc3Cl)c2n1. The van der Waals surface area contributed by atoms with Gasteiger partial charge in [0.1, 0.15) is 5.82 Å². The number of thioether (sulfide) groups is 1. The number of nitrogens with one attached hydrogen (secondary N) is 1. The van der Waals surface area contributed by atoms with Gasteiger partial charge in [-0.05, 0) is 37.1 Å². The highest BCUT2D eigenvalue weighted by Crippen LogP contribution is 2.28. The average molecular weight is 445 g/mol. The van der Waals surface area contributed by atoms with Crippen LogP contribution in [0.15, 0.2) is 35.6 Å². The van der Waals surface area contributed by atoms with Crippen molar-refractivity contribution >= 4 is 46.1 Å². The normalized spacial score (nSPS) is 14.3. The molecule has 3 aromatic rings. The van der Waals surface area contributed by atoms with Crippen molar-refractivity contribution < 1.29 is 4.79 Å². The summed E-state index contributed by atoms with van der Waals surface area (Å²) in [5.41, 5.74) is 1.64. The fraction of sp³-hybridized carbons (Fsp3) is 0.429. The van der Waals surface area contributed by atoms with Crippen LogP contribution in [0.2, 0.25) is 5.02 Å². The first kappa shape index (κ1) is 20.9. The monoisotopic (exact) mass is 444 g/mol. The summed E-state index contributed by atoms with van der Waals surface area (Å²) < 4.78 is 1.85. The third-order valence-corrected chi connectivity index (χ3v) is 6.16. The van der Waals surface area contributed by atoms with Gasteiger partial charge in [0, 0.05) is 24.7 Å². The Morgan fingerprint density at radius 1 is 1.20 bits per heavy atom. The second-order valence-corrected chi connectivity index (χ2v) is 8.49. The van der Waals surface area contributed by atoms with Crippen LogP contribution in [0.3, 0.4) is 0 Å². The van der Waals surface area contributed by atoms with E-state index >= 15 is 0 Å².